The molecule has 0 aromatic carbocycles. The molecule has 18 heteroatoms. The summed E-state index contributed by atoms with van der Waals surface area (Å²) >= 11 is 33.0. The van der Waals surface area contributed by atoms with Crippen LogP contribution in [0.15, 0.2) is 41.3 Å². The smallest absolute Gasteiger partial charge is 0.409 e. The predicted molar refractivity (Wildman–Crippen MR) is 169 cm³/mol. The van der Waals surface area contributed by atoms with E-state index in [1.807, 2.05) is 18.5 Å². The SMILES string of the molecule is CCOP(=S)(OCC)Oc1nc(Cl)c(Cl)cc1Cl.CN1CCC[C@H]1c1cccnc1.COP(=O)(OC)OC=C(Cl)Cl. The number of pyridine rings is 2. The van der Waals surface area contributed by atoms with E-state index in [0.29, 0.717) is 19.3 Å². The minimum atomic E-state index is -3.48. The Balaban J connectivity index is 0.000000321. The van der Waals surface area contributed by atoms with Crippen molar-refractivity contribution in [3.05, 3.63) is 62.1 Å². The van der Waals surface area contributed by atoms with Crippen LogP contribution in [0, 0.1) is 0 Å². The number of halogens is 5. The van der Waals surface area contributed by atoms with Crippen molar-refractivity contribution in [2.24, 2.45) is 0 Å². The van der Waals surface area contributed by atoms with Gasteiger partial charge in [-0.15, -0.1) is 0 Å². The van der Waals surface area contributed by atoms with Crippen LogP contribution in [-0.2, 0) is 39.0 Å². The molecule has 0 aliphatic carbocycles. The first-order valence-corrected chi connectivity index (χ1v) is 17.9. The molecule has 1 fully saturated rings. The Labute approximate surface area is 271 Å². The molecule has 232 valence electrons. The molecule has 0 saturated carbocycles. The molecule has 2 aromatic rings. The zero-order valence-corrected chi connectivity index (χ0v) is 29.4. The molecule has 0 unspecified atom stereocenters. The Morgan fingerprint density at radius 3 is 2.24 bits per heavy atom. The average molecular weight is 734 g/mol. The van der Waals surface area contributed by atoms with Crippen molar-refractivity contribution in [1.29, 1.82) is 0 Å². The van der Waals surface area contributed by atoms with Crippen molar-refractivity contribution in [2.45, 2.75) is 32.7 Å². The van der Waals surface area contributed by atoms with Crippen LogP contribution in [-0.4, -0.2) is 55.9 Å². The Morgan fingerprint density at radius 1 is 1.15 bits per heavy atom. The van der Waals surface area contributed by atoms with E-state index in [-0.39, 0.29) is 25.6 Å². The second-order valence-electron chi connectivity index (χ2n) is 7.67. The third-order valence-corrected chi connectivity index (χ3v) is 9.72. The lowest BCUT2D eigenvalue weighted by atomic mass is 10.1. The standard InChI is InChI=1S/C10H14N2.C9H11Cl3NO3PS.C4H7Cl2O4P/c1-12-7-3-5-10(12)9-4-2-6-11-8-9;1-3-14-17(18,15-4-2)16-9-7(11)5-6(10)8(12)13-9;1-8-11(7,9-2)10-3-4(5)6/h2,4,6,8,10H,3,5,7H2,1H3;5H,3-4H2,1-2H3;3H,1-2H3/t10-;;/m0../s1. The van der Waals surface area contributed by atoms with E-state index in [9.17, 15) is 4.57 Å². The molecule has 0 bridgehead atoms. The Hall–Kier alpha value is -0.230. The molecule has 3 heterocycles. The molecule has 1 atom stereocenters. The highest BCUT2D eigenvalue weighted by Gasteiger charge is 2.25. The lowest BCUT2D eigenvalue weighted by Crippen LogP contribution is -2.17. The largest absolute Gasteiger partial charge is 0.529 e. The molecule has 0 amide bonds. The first-order chi connectivity index (χ1) is 19.3. The van der Waals surface area contributed by atoms with Crippen LogP contribution in [0.5, 0.6) is 5.88 Å². The van der Waals surface area contributed by atoms with Crippen LogP contribution in [0.3, 0.4) is 0 Å². The second kappa shape index (κ2) is 19.9. The third-order valence-electron chi connectivity index (χ3n) is 4.93. The number of rotatable bonds is 11. The first-order valence-electron chi connectivity index (χ1n) is 11.9. The molecule has 0 spiro atoms. The summed E-state index contributed by atoms with van der Waals surface area (Å²) in [5.41, 5.74) is 1.36. The molecule has 1 aliphatic heterocycles. The summed E-state index contributed by atoms with van der Waals surface area (Å²) in [7, 11) is 1.07. The third kappa shape index (κ3) is 14.4. The van der Waals surface area contributed by atoms with Crippen LogP contribution in [0.4, 0.5) is 0 Å². The fraction of sp³-hybridized carbons (Fsp3) is 0.478. The highest BCUT2D eigenvalue weighted by atomic mass is 35.5. The van der Waals surface area contributed by atoms with Gasteiger partial charge < -0.3 is 9.05 Å². The quantitative estimate of drug-likeness (QED) is 0.126. The number of aromatic nitrogens is 2. The van der Waals surface area contributed by atoms with Crippen molar-refractivity contribution >= 4 is 84.4 Å². The normalized spacial score (nSPS) is 15.2. The van der Waals surface area contributed by atoms with E-state index in [2.05, 4.69) is 41.6 Å². The maximum Gasteiger partial charge on any atom is 0.529 e. The van der Waals surface area contributed by atoms with Crippen LogP contribution in [0.1, 0.15) is 38.3 Å². The molecule has 10 nitrogen and oxygen atoms in total. The van der Waals surface area contributed by atoms with Gasteiger partial charge in [-0.2, -0.15) is 4.98 Å². The maximum absolute atomic E-state index is 11.0. The summed E-state index contributed by atoms with van der Waals surface area (Å²) in [5, 5.41) is 0.499. The second-order valence-corrected chi connectivity index (χ2v) is 14.6. The summed E-state index contributed by atoms with van der Waals surface area (Å²) in [4.78, 5) is 10.4. The van der Waals surface area contributed by atoms with Crippen LogP contribution in [0.2, 0.25) is 15.2 Å². The predicted octanol–water partition coefficient (Wildman–Crippen LogP) is 9.25. The monoisotopic (exact) mass is 731 g/mol. The highest BCUT2D eigenvalue weighted by Crippen LogP contribution is 2.51. The Morgan fingerprint density at radius 2 is 1.78 bits per heavy atom. The molecule has 1 saturated heterocycles. The van der Waals surface area contributed by atoms with Gasteiger partial charge in [-0.1, -0.05) is 64.1 Å². The zero-order chi connectivity index (χ0) is 31.1. The van der Waals surface area contributed by atoms with Crippen LogP contribution < -0.4 is 4.52 Å². The van der Waals surface area contributed by atoms with Crippen molar-refractivity contribution < 1.29 is 31.7 Å². The number of phosphoric acid groups is 1. The summed E-state index contributed by atoms with van der Waals surface area (Å²) in [6, 6.07) is 6.21. The molecule has 1 aliphatic rings. The van der Waals surface area contributed by atoms with Gasteiger partial charge in [0, 0.05) is 44.5 Å². The summed E-state index contributed by atoms with van der Waals surface area (Å²) in [5.74, 6) is 0.0521. The van der Waals surface area contributed by atoms with Gasteiger partial charge in [0.2, 0.25) is 5.88 Å². The summed E-state index contributed by atoms with van der Waals surface area (Å²) in [6.45, 7) is 2.59. The molecule has 0 radical (unpaired) electrons. The van der Waals surface area contributed by atoms with Crippen molar-refractivity contribution in [1.82, 2.24) is 14.9 Å². The number of likely N-dealkylation sites (tertiary alicyclic amines) is 1. The summed E-state index contributed by atoms with van der Waals surface area (Å²) in [6.07, 6.45) is 7.28. The zero-order valence-electron chi connectivity index (χ0n) is 23.0. The molecule has 3 rings (SSSR count). The van der Waals surface area contributed by atoms with Gasteiger partial charge in [-0.3, -0.25) is 28.0 Å². The Bertz CT molecular complexity index is 1180. The van der Waals surface area contributed by atoms with Crippen molar-refractivity contribution in [3.63, 3.8) is 0 Å². The number of hydrogen-bond acceptors (Lipinski definition) is 11. The van der Waals surface area contributed by atoms with Gasteiger partial charge in [0.1, 0.15) is 15.8 Å². The molecule has 2 aromatic heterocycles. The number of nitrogens with zero attached hydrogens (tertiary/aromatic N) is 3. The van der Waals surface area contributed by atoms with E-state index in [1.165, 1.54) is 45.2 Å². The minimum absolute atomic E-state index is 0.0521. The number of phosphoric ester groups is 1. The molecule has 41 heavy (non-hydrogen) atoms. The van der Waals surface area contributed by atoms with Gasteiger partial charge in [-0.25, -0.2) is 4.57 Å². The average Bonchev–Trinajstić information content (AvgIpc) is 3.37. The minimum Gasteiger partial charge on any atom is -0.409 e. The fourth-order valence-electron chi connectivity index (χ4n) is 3.17. The van der Waals surface area contributed by atoms with E-state index in [4.69, 9.17) is 83.4 Å². The van der Waals surface area contributed by atoms with Crippen LogP contribution in [0.25, 0.3) is 0 Å². The van der Waals surface area contributed by atoms with Gasteiger partial charge in [0.15, 0.2) is 5.15 Å². The van der Waals surface area contributed by atoms with Gasteiger partial charge in [0.25, 0.3) is 0 Å². The summed E-state index contributed by atoms with van der Waals surface area (Å²) < 4.78 is 40.2. The van der Waals surface area contributed by atoms with Gasteiger partial charge in [-0.05, 0) is 58.0 Å². The van der Waals surface area contributed by atoms with Crippen molar-refractivity contribution in [2.75, 3.05) is 41.0 Å². The maximum atomic E-state index is 11.0. The van der Waals surface area contributed by atoms with E-state index in [1.54, 1.807) is 13.8 Å². The van der Waals surface area contributed by atoms with Crippen molar-refractivity contribution in [3.8, 4) is 5.88 Å². The topological polar surface area (TPSA) is 101 Å². The molecule has 0 N–H and O–H groups in total. The fourth-order valence-corrected chi connectivity index (χ4v) is 6.53. The van der Waals surface area contributed by atoms with Gasteiger partial charge in [0.05, 0.1) is 18.2 Å². The Kier molecular flexibility index (Phi) is 18.9. The lowest BCUT2D eigenvalue weighted by molar-refractivity contribution is 0.194. The highest BCUT2D eigenvalue weighted by molar-refractivity contribution is 8.07. The number of hydrogen-bond donors (Lipinski definition) is 0. The lowest BCUT2D eigenvalue weighted by Gasteiger charge is -2.20. The van der Waals surface area contributed by atoms with Gasteiger partial charge >= 0.3 is 14.5 Å². The van der Waals surface area contributed by atoms with E-state index < -0.39 is 14.5 Å². The molecular formula is C23H32Cl5N3O7P2S. The first kappa shape index (κ1) is 38.8. The van der Waals surface area contributed by atoms with Crippen LogP contribution >= 0.6 is 72.5 Å². The van der Waals surface area contributed by atoms with E-state index in [0.717, 1.165) is 6.26 Å². The van der Waals surface area contributed by atoms with E-state index >= 15 is 0 Å². The molecular weight excluding hydrogens is 702 g/mol.